The van der Waals surface area contributed by atoms with Crippen molar-refractivity contribution in [2.75, 3.05) is 12.3 Å². The lowest BCUT2D eigenvalue weighted by molar-refractivity contribution is 0.395. The van der Waals surface area contributed by atoms with E-state index in [9.17, 15) is 21.2 Å². The third kappa shape index (κ3) is 4.82. The summed E-state index contributed by atoms with van der Waals surface area (Å²) >= 11 is 0. The van der Waals surface area contributed by atoms with Gasteiger partial charge in [-0.15, -0.1) is 5.10 Å². The second kappa shape index (κ2) is 7.36. The zero-order valence-corrected chi connectivity index (χ0v) is 14.4. The molecule has 0 saturated heterocycles. The molecule has 24 heavy (non-hydrogen) atoms. The highest BCUT2D eigenvalue weighted by Crippen LogP contribution is 2.17. The van der Waals surface area contributed by atoms with Gasteiger partial charge in [0.2, 0.25) is 25.8 Å². The second-order valence-electron chi connectivity index (χ2n) is 4.86. The number of sulfone groups is 1. The second-order valence-corrected chi connectivity index (χ2v) is 8.82. The summed E-state index contributed by atoms with van der Waals surface area (Å²) in [6.07, 6.45) is 0.0431. The standard InChI is InChI=1S/C13H16FN3O5S2/c1-2-24(20,21)15-8-7-12-16-17-13(22-12)23(18,19)9-10-5-3-4-6-11(10)14/h3-6,15H,2,7-9H2,1H3. The van der Waals surface area contributed by atoms with Gasteiger partial charge < -0.3 is 4.42 Å². The molecule has 132 valence electrons. The lowest BCUT2D eigenvalue weighted by atomic mass is 10.2. The number of nitrogens with zero attached hydrogens (tertiary/aromatic N) is 2. The number of aromatic nitrogens is 2. The number of hydrogen-bond acceptors (Lipinski definition) is 7. The Morgan fingerprint density at radius 3 is 2.54 bits per heavy atom. The maximum atomic E-state index is 13.6. The van der Waals surface area contributed by atoms with E-state index in [0.717, 1.165) is 6.07 Å². The predicted molar refractivity (Wildman–Crippen MR) is 82.8 cm³/mol. The van der Waals surface area contributed by atoms with Crippen LogP contribution in [0.4, 0.5) is 4.39 Å². The monoisotopic (exact) mass is 377 g/mol. The van der Waals surface area contributed by atoms with E-state index in [-0.39, 0.29) is 30.2 Å². The van der Waals surface area contributed by atoms with Crippen molar-refractivity contribution < 1.29 is 25.6 Å². The number of hydrogen-bond donors (Lipinski definition) is 1. The van der Waals surface area contributed by atoms with E-state index in [1.165, 1.54) is 25.1 Å². The van der Waals surface area contributed by atoms with Crippen LogP contribution in [0.3, 0.4) is 0 Å². The first-order valence-electron chi connectivity index (χ1n) is 6.99. The van der Waals surface area contributed by atoms with Crippen molar-refractivity contribution >= 4 is 19.9 Å². The topological polar surface area (TPSA) is 119 Å². The summed E-state index contributed by atoms with van der Waals surface area (Å²) in [6.45, 7) is 1.49. The molecule has 0 aliphatic carbocycles. The van der Waals surface area contributed by atoms with Crippen molar-refractivity contribution in [1.29, 1.82) is 0 Å². The highest BCUT2D eigenvalue weighted by atomic mass is 32.2. The number of sulfonamides is 1. The van der Waals surface area contributed by atoms with E-state index < -0.39 is 36.7 Å². The van der Waals surface area contributed by atoms with E-state index in [1.807, 2.05) is 0 Å². The molecule has 0 spiro atoms. The quantitative estimate of drug-likeness (QED) is 0.718. The van der Waals surface area contributed by atoms with Crippen molar-refractivity contribution in [2.45, 2.75) is 24.3 Å². The number of rotatable bonds is 8. The zero-order chi connectivity index (χ0) is 17.8. The molecule has 0 bridgehead atoms. The van der Waals surface area contributed by atoms with Crippen molar-refractivity contribution in [1.82, 2.24) is 14.9 Å². The molecule has 0 aliphatic heterocycles. The highest BCUT2D eigenvalue weighted by molar-refractivity contribution is 7.90. The molecule has 11 heteroatoms. The van der Waals surface area contributed by atoms with Crippen LogP contribution in [-0.2, 0) is 32.0 Å². The molecule has 2 rings (SSSR count). The van der Waals surface area contributed by atoms with Gasteiger partial charge in [-0.2, -0.15) is 0 Å². The van der Waals surface area contributed by atoms with E-state index >= 15 is 0 Å². The van der Waals surface area contributed by atoms with Gasteiger partial charge in [-0.25, -0.2) is 25.9 Å². The fourth-order valence-corrected chi connectivity index (χ4v) is 3.53. The molecular weight excluding hydrogens is 361 g/mol. The van der Waals surface area contributed by atoms with E-state index in [2.05, 4.69) is 14.9 Å². The van der Waals surface area contributed by atoms with Crippen LogP contribution in [0.25, 0.3) is 0 Å². The van der Waals surface area contributed by atoms with Crippen LogP contribution in [-0.4, -0.2) is 39.3 Å². The summed E-state index contributed by atoms with van der Waals surface area (Å²) in [5.41, 5.74) is -0.00652. The lowest BCUT2D eigenvalue weighted by Gasteiger charge is -2.02. The van der Waals surface area contributed by atoms with Gasteiger partial charge in [0, 0.05) is 18.5 Å². The average Bonchev–Trinajstić information content (AvgIpc) is 2.99. The minimum atomic E-state index is -3.99. The predicted octanol–water partition coefficient (Wildman–Crippen LogP) is 0.664. The molecule has 1 aromatic heterocycles. The third-order valence-electron chi connectivity index (χ3n) is 3.06. The third-order valence-corrected chi connectivity index (χ3v) is 5.85. The summed E-state index contributed by atoms with van der Waals surface area (Å²) in [4.78, 5) is 0. The first kappa shape index (κ1) is 18.5. The maximum absolute atomic E-state index is 13.6. The Hall–Kier alpha value is -1.85. The maximum Gasteiger partial charge on any atom is 0.335 e. The SMILES string of the molecule is CCS(=O)(=O)NCCc1nnc(S(=O)(=O)Cc2ccccc2F)o1. The molecule has 0 aliphatic rings. The van der Waals surface area contributed by atoms with Gasteiger partial charge in [0.15, 0.2) is 0 Å². The molecule has 0 fully saturated rings. The fraction of sp³-hybridized carbons (Fsp3) is 0.385. The Balaban J connectivity index is 2.05. The van der Waals surface area contributed by atoms with Gasteiger partial charge in [0.05, 0.1) is 11.5 Å². The average molecular weight is 377 g/mol. The molecular formula is C13H16FN3O5S2. The fourth-order valence-electron chi connectivity index (χ4n) is 1.76. The van der Waals surface area contributed by atoms with Gasteiger partial charge in [0.25, 0.3) is 0 Å². The highest BCUT2D eigenvalue weighted by Gasteiger charge is 2.24. The number of benzene rings is 1. The Kier molecular flexibility index (Phi) is 5.67. The molecule has 0 atom stereocenters. The Morgan fingerprint density at radius 1 is 1.17 bits per heavy atom. The van der Waals surface area contributed by atoms with E-state index in [0.29, 0.717) is 0 Å². The summed E-state index contributed by atoms with van der Waals surface area (Å²) in [5.74, 6) is -1.35. The van der Waals surface area contributed by atoms with Crippen LogP contribution in [0.1, 0.15) is 18.4 Å². The van der Waals surface area contributed by atoms with Crippen LogP contribution in [0.2, 0.25) is 0 Å². The number of nitrogens with one attached hydrogen (secondary N) is 1. The van der Waals surface area contributed by atoms with Crippen LogP contribution >= 0.6 is 0 Å². The van der Waals surface area contributed by atoms with Crippen molar-refractivity contribution in [3.63, 3.8) is 0 Å². The smallest absolute Gasteiger partial charge is 0.335 e. The molecule has 0 radical (unpaired) electrons. The summed E-state index contributed by atoms with van der Waals surface area (Å²) < 4.78 is 67.8. The van der Waals surface area contributed by atoms with Crippen molar-refractivity contribution in [2.24, 2.45) is 0 Å². The largest absolute Gasteiger partial charge is 0.412 e. The summed E-state index contributed by atoms with van der Waals surface area (Å²) in [6, 6.07) is 5.48. The Morgan fingerprint density at radius 2 is 1.88 bits per heavy atom. The molecule has 1 aromatic carbocycles. The first-order chi connectivity index (χ1) is 11.2. The molecule has 0 saturated carbocycles. The van der Waals surface area contributed by atoms with Gasteiger partial charge in [0.1, 0.15) is 5.82 Å². The summed E-state index contributed by atoms with van der Waals surface area (Å²) in [7, 11) is -7.35. The van der Waals surface area contributed by atoms with E-state index in [4.69, 9.17) is 4.42 Å². The zero-order valence-electron chi connectivity index (χ0n) is 12.8. The van der Waals surface area contributed by atoms with Crippen LogP contribution < -0.4 is 4.72 Å². The minimum absolute atomic E-state index is 0.00513. The lowest BCUT2D eigenvalue weighted by Crippen LogP contribution is -2.27. The molecule has 2 aromatic rings. The van der Waals surface area contributed by atoms with Gasteiger partial charge in [-0.05, 0) is 13.0 Å². The normalized spacial score (nSPS) is 12.4. The molecule has 1 N–H and O–H groups in total. The molecule has 8 nitrogen and oxygen atoms in total. The van der Waals surface area contributed by atoms with Crippen LogP contribution in [0.5, 0.6) is 0 Å². The first-order valence-corrected chi connectivity index (χ1v) is 10.3. The van der Waals surface area contributed by atoms with Crippen LogP contribution in [0, 0.1) is 5.82 Å². The van der Waals surface area contributed by atoms with Gasteiger partial charge >= 0.3 is 5.22 Å². The number of halogens is 1. The van der Waals surface area contributed by atoms with Gasteiger partial charge in [-0.1, -0.05) is 23.3 Å². The Bertz CT molecular complexity index is 909. The molecule has 0 amide bonds. The molecule has 0 unspecified atom stereocenters. The summed E-state index contributed by atoms with van der Waals surface area (Å²) in [5, 5.41) is 6.39. The van der Waals surface area contributed by atoms with Crippen LogP contribution in [0.15, 0.2) is 33.9 Å². The Labute approximate surface area is 139 Å². The van der Waals surface area contributed by atoms with Gasteiger partial charge in [-0.3, -0.25) is 0 Å². The van der Waals surface area contributed by atoms with Crippen molar-refractivity contribution in [3.8, 4) is 0 Å². The van der Waals surface area contributed by atoms with Crippen molar-refractivity contribution in [3.05, 3.63) is 41.5 Å². The molecule has 1 heterocycles. The van der Waals surface area contributed by atoms with E-state index in [1.54, 1.807) is 0 Å². The minimum Gasteiger partial charge on any atom is -0.412 e.